The maximum absolute atomic E-state index is 11.3. The SMILES string of the molecule is CC(C)Cc1noc(CC2CCS(=O)(=O)C2)n1. The molecular formula is C11H18N2O3S. The lowest BCUT2D eigenvalue weighted by Gasteiger charge is -2.01. The molecule has 0 aromatic carbocycles. The predicted molar refractivity (Wildman–Crippen MR) is 63.3 cm³/mol. The summed E-state index contributed by atoms with van der Waals surface area (Å²) >= 11 is 0. The number of aromatic nitrogens is 2. The molecule has 0 spiro atoms. The molecule has 0 N–H and O–H groups in total. The van der Waals surface area contributed by atoms with Crippen LogP contribution in [0.1, 0.15) is 32.0 Å². The topological polar surface area (TPSA) is 73.1 Å². The summed E-state index contributed by atoms with van der Waals surface area (Å²) < 4.78 is 27.8. The van der Waals surface area contributed by atoms with Crippen LogP contribution in [-0.4, -0.2) is 30.1 Å². The Morgan fingerprint density at radius 1 is 1.47 bits per heavy atom. The van der Waals surface area contributed by atoms with Crippen LogP contribution in [0.4, 0.5) is 0 Å². The number of hydrogen-bond acceptors (Lipinski definition) is 5. The lowest BCUT2D eigenvalue weighted by molar-refractivity contribution is 0.353. The standard InChI is InChI=1S/C11H18N2O3S/c1-8(2)5-10-12-11(16-13-10)6-9-3-4-17(14,15)7-9/h8-9H,3-7H2,1-2H3. The molecule has 1 fully saturated rings. The molecule has 0 aliphatic carbocycles. The maximum atomic E-state index is 11.3. The summed E-state index contributed by atoms with van der Waals surface area (Å²) in [5, 5.41) is 3.90. The van der Waals surface area contributed by atoms with E-state index in [4.69, 9.17) is 4.52 Å². The molecule has 0 radical (unpaired) electrons. The van der Waals surface area contributed by atoms with Crippen molar-refractivity contribution in [1.29, 1.82) is 0 Å². The Kier molecular flexibility index (Phi) is 3.51. The lowest BCUT2D eigenvalue weighted by atomic mass is 10.1. The smallest absolute Gasteiger partial charge is 0.226 e. The lowest BCUT2D eigenvalue weighted by Crippen LogP contribution is -2.07. The fourth-order valence-electron chi connectivity index (χ4n) is 2.10. The van der Waals surface area contributed by atoms with Crippen LogP contribution in [0.15, 0.2) is 4.52 Å². The molecule has 1 saturated heterocycles. The zero-order valence-corrected chi connectivity index (χ0v) is 11.0. The van der Waals surface area contributed by atoms with E-state index >= 15 is 0 Å². The molecule has 1 aliphatic rings. The monoisotopic (exact) mass is 258 g/mol. The molecule has 0 saturated carbocycles. The molecule has 1 aromatic heterocycles. The van der Waals surface area contributed by atoms with Gasteiger partial charge in [-0.25, -0.2) is 8.42 Å². The first-order valence-corrected chi connectivity index (χ1v) is 7.78. The highest BCUT2D eigenvalue weighted by Crippen LogP contribution is 2.22. The quantitative estimate of drug-likeness (QED) is 0.812. The Bertz CT molecular complexity index is 479. The Labute approximate surface area is 102 Å². The zero-order chi connectivity index (χ0) is 12.5. The van der Waals surface area contributed by atoms with Crippen molar-refractivity contribution in [2.45, 2.75) is 33.1 Å². The van der Waals surface area contributed by atoms with Crippen LogP contribution in [-0.2, 0) is 22.7 Å². The van der Waals surface area contributed by atoms with Gasteiger partial charge in [-0.1, -0.05) is 19.0 Å². The first-order chi connectivity index (χ1) is 7.94. The van der Waals surface area contributed by atoms with E-state index < -0.39 is 9.84 Å². The highest BCUT2D eigenvalue weighted by Gasteiger charge is 2.29. The largest absolute Gasteiger partial charge is 0.339 e. The van der Waals surface area contributed by atoms with Gasteiger partial charge in [0.25, 0.3) is 0 Å². The molecule has 2 heterocycles. The van der Waals surface area contributed by atoms with E-state index in [1.807, 2.05) is 0 Å². The van der Waals surface area contributed by atoms with E-state index in [1.54, 1.807) is 0 Å². The van der Waals surface area contributed by atoms with Crippen LogP contribution in [0.3, 0.4) is 0 Å². The van der Waals surface area contributed by atoms with Crippen LogP contribution >= 0.6 is 0 Å². The Morgan fingerprint density at radius 2 is 2.24 bits per heavy atom. The Morgan fingerprint density at radius 3 is 2.82 bits per heavy atom. The molecular weight excluding hydrogens is 240 g/mol. The second kappa shape index (κ2) is 4.76. The fraction of sp³-hybridized carbons (Fsp3) is 0.818. The van der Waals surface area contributed by atoms with Gasteiger partial charge in [0.2, 0.25) is 5.89 Å². The van der Waals surface area contributed by atoms with Crippen LogP contribution in [0, 0.1) is 11.8 Å². The van der Waals surface area contributed by atoms with E-state index in [0.29, 0.717) is 30.4 Å². The summed E-state index contributed by atoms with van der Waals surface area (Å²) in [6.07, 6.45) is 2.10. The average Bonchev–Trinajstić information content (AvgIpc) is 2.73. The third-order valence-corrected chi connectivity index (χ3v) is 4.73. The molecule has 1 aromatic rings. The second-order valence-electron chi connectivity index (χ2n) is 5.18. The first-order valence-electron chi connectivity index (χ1n) is 5.96. The van der Waals surface area contributed by atoms with Gasteiger partial charge in [0.15, 0.2) is 15.7 Å². The summed E-state index contributed by atoms with van der Waals surface area (Å²) in [6.45, 7) is 4.19. The zero-order valence-electron chi connectivity index (χ0n) is 10.2. The van der Waals surface area contributed by atoms with Crippen LogP contribution in [0.2, 0.25) is 0 Å². The molecule has 6 heteroatoms. The minimum absolute atomic E-state index is 0.146. The van der Waals surface area contributed by atoms with Gasteiger partial charge in [-0.2, -0.15) is 4.98 Å². The minimum Gasteiger partial charge on any atom is -0.339 e. The van der Waals surface area contributed by atoms with Crippen molar-refractivity contribution in [2.75, 3.05) is 11.5 Å². The third kappa shape index (κ3) is 3.52. The molecule has 0 bridgehead atoms. The van der Waals surface area contributed by atoms with Crippen molar-refractivity contribution in [1.82, 2.24) is 10.1 Å². The van der Waals surface area contributed by atoms with Gasteiger partial charge in [0.1, 0.15) is 0 Å². The predicted octanol–water partition coefficient (Wildman–Crippen LogP) is 1.25. The van der Waals surface area contributed by atoms with Crippen molar-refractivity contribution in [3.8, 4) is 0 Å². The third-order valence-electron chi connectivity index (χ3n) is 2.89. The van der Waals surface area contributed by atoms with Crippen LogP contribution < -0.4 is 0 Å². The van der Waals surface area contributed by atoms with Gasteiger partial charge in [-0.05, 0) is 18.3 Å². The van der Waals surface area contributed by atoms with Crippen molar-refractivity contribution in [2.24, 2.45) is 11.8 Å². The second-order valence-corrected chi connectivity index (χ2v) is 7.40. The normalized spacial score (nSPS) is 23.4. The summed E-state index contributed by atoms with van der Waals surface area (Å²) in [4.78, 5) is 4.29. The first kappa shape index (κ1) is 12.5. The van der Waals surface area contributed by atoms with E-state index in [9.17, 15) is 8.42 Å². The molecule has 1 atom stereocenters. The summed E-state index contributed by atoms with van der Waals surface area (Å²) in [5.74, 6) is 2.48. The number of nitrogens with zero attached hydrogens (tertiary/aromatic N) is 2. The fourth-order valence-corrected chi connectivity index (χ4v) is 3.96. The highest BCUT2D eigenvalue weighted by molar-refractivity contribution is 7.91. The van der Waals surface area contributed by atoms with Gasteiger partial charge >= 0.3 is 0 Å². The molecule has 17 heavy (non-hydrogen) atoms. The Hall–Kier alpha value is -0.910. The highest BCUT2D eigenvalue weighted by atomic mass is 32.2. The Balaban J connectivity index is 1.93. The molecule has 96 valence electrons. The summed E-state index contributed by atoms with van der Waals surface area (Å²) in [5.41, 5.74) is 0. The van der Waals surface area contributed by atoms with Gasteiger partial charge in [0, 0.05) is 12.8 Å². The van der Waals surface area contributed by atoms with E-state index in [2.05, 4.69) is 24.0 Å². The number of rotatable bonds is 4. The van der Waals surface area contributed by atoms with Crippen molar-refractivity contribution >= 4 is 9.84 Å². The van der Waals surface area contributed by atoms with Gasteiger partial charge < -0.3 is 4.52 Å². The van der Waals surface area contributed by atoms with E-state index in [0.717, 1.165) is 12.2 Å². The molecule has 5 nitrogen and oxygen atoms in total. The van der Waals surface area contributed by atoms with Crippen molar-refractivity contribution < 1.29 is 12.9 Å². The van der Waals surface area contributed by atoms with Gasteiger partial charge in [-0.3, -0.25) is 0 Å². The number of hydrogen-bond donors (Lipinski definition) is 0. The molecule has 1 aliphatic heterocycles. The van der Waals surface area contributed by atoms with Crippen LogP contribution in [0.25, 0.3) is 0 Å². The molecule has 1 unspecified atom stereocenters. The van der Waals surface area contributed by atoms with Crippen LogP contribution in [0.5, 0.6) is 0 Å². The summed E-state index contributed by atoms with van der Waals surface area (Å²) in [7, 11) is -2.82. The van der Waals surface area contributed by atoms with Crippen molar-refractivity contribution in [3.05, 3.63) is 11.7 Å². The minimum atomic E-state index is -2.82. The van der Waals surface area contributed by atoms with Gasteiger partial charge in [0.05, 0.1) is 11.5 Å². The van der Waals surface area contributed by atoms with E-state index in [1.165, 1.54) is 0 Å². The number of sulfone groups is 1. The molecule has 2 rings (SSSR count). The average molecular weight is 258 g/mol. The molecule has 0 amide bonds. The summed E-state index contributed by atoms with van der Waals surface area (Å²) in [6, 6.07) is 0. The van der Waals surface area contributed by atoms with Gasteiger partial charge in [-0.15, -0.1) is 0 Å². The van der Waals surface area contributed by atoms with E-state index in [-0.39, 0.29) is 11.7 Å². The maximum Gasteiger partial charge on any atom is 0.226 e. The van der Waals surface area contributed by atoms with Crippen molar-refractivity contribution in [3.63, 3.8) is 0 Å².